The summed E-state index contributed by atoms with van der Waals surface area (Å²) >= 11 is 6.07. The summed E-state index contributed by atoms with van der Waals surface area (Å²) in [7, 11) is 1.63. The predicted octanol–water partition coefficient (Wildman–Crippen LogP) is 2.85. The van der Waals surface area contributed by atoms with Gasteiger partial charge in [0.15, 0.2) is 0 Å². The molecule has 6 heteroatoms. The van der Waals surface area contributed by atoms with Crippen molar-refractivity contribution in [1.29, 1.82) is 0 Å². The van der Waals surface area contributed by atoms with E-state index in [9.17, 15) is 9.90 Å². The first-order valence-corrected chi connectivity index (χ1v) is 7.71. The smallest absolute Gasteiger partial charge is 0.318 e. The zero-order valence-corrected chi connectivity index (χ0v) is 13.9. The molecule has 0 saturated carbocycles. The maximum absolute atomic E-state index is 12.4. The SMILES string of the molecule is CC(O)CN(C)C(=O)NC(c1cccc(Cl)c1)c1ccccn1. The molecule has 2 N–H and O–H groups in total. The molecule has 0 fully saturated rings. The normalized spacial score (nSPS) is 13.2. The number of amides is 2. The van der Waals surface area contributed by atoms with Crippen molar-refractivity contribution in [2.45, 2.75) is 19.1 Å². The number of aromatic nitrogens is 1. The van der Waals surface area contributed by atoms with Crippen LogP contribution in [0.25, 0.3) is 0 Å². The van der Waals surface area contributed by atoms with Crippen LogP contribution < -0.4 is 5.32 Å². The van der Waals surface area contributed by atoms with Gasteiger partial charge in [0, 0.05) is 24.8 Å². The maximum atomic E-state index is 12.4. The molecule has 23 heavy (non-hydrogen) atoms. The first-order chi connectivity index (χ1) is 11.0. The van der Waals surface area contributed by atoms with Crippen molar-refractivity contribution in [1.82, 2.24) is 15.2 Å². The number of carbonyl (C=O) groups is 1. The molecule has 2 aromatic rings. The number of hydrogen-bond donors (Lipinski definition) is 2. The summed E-state index contributed by atoms with van der Waals surface area (Å²) in [6.07, 6.45) is 1.09. The summed E-state index contributed by atoms with van der Waals surface area (Å²) in [6, 6.07) is 12.1. The highest BCUT2D eigenvalue weighted by Crippen LogP contribution is 2.23. The number of aliphatic hydroxyl groups excluding tert-OH is 1. The average molecular weight is 334 g/mol. The summed E-state index contributed by atoms with van der Waals surface area (Å²) in [6.45, 7) is 1.88. The lowest BCUT2D eigenvalue weighted by molar-refractivity contribution is 0.143. The zero-order valence-electron chi connectivity index (χ0n) is 13.1. The summed E-state index contributed by atoms with van der Waals surface area (Å²) in [5.74, 6) is 0. The van der Waals surface area contributed by atoms with Crippen molar-refractivity contribution in [3.8, 4) is 0 Å². The Hall–Kier alpha value is -2.11. The van der Waals surface area contributed by atoms with Crippen LogP contribution in [-0.4, -0.2) is 40.7 Å². The third-order valence-electron chi connectivity index (χ3n) is 3.32. The van der Waals surface area contributed by atoms with Crippen LogP contribution in [0.15, 0.2) is 48.7 Å². The molecule has 122 valence electrons. The fourth-order valence-corrected chi connectivity index (χ4v) is 2.47. The monoisotopic (exact) mass is 333 g/mol. The second kappa shape index (κ2) is 7.94. The van der Waals surface area contributed by atoms with Crippen molar-refractivity contribution >= 4 is 17.6 Å². The summed E-state index contributed by atoms with van der Waals surface area (Å²) < 4.78 is 0. The molecule has 0 aliphatic heterocycles. The van der Waals surface area contributed by atoms with Crippen LogP contribution in [0, 0.1) is 0 Å². The van der Waals surface area contributed by atoms with Gasteiger partial charge in [-0.3, -0.25) is 4.98 Å². The number of nitrogens with zero attached hydrogens (tertiary/aromatic N) is 2. The maximum Gasteiger partial charge on any atom is 0.318 e. The van der Waals surface area contributed by atoms with Crippen LogP contribution in [-0.2, 0) is 0 Å². The molecule has 0 saturated heterocycles. The van der Waals surface area contributed by atoms with Gasteiger partial charge in [0.2, 0.25) is 0 Å². The second-order valence-corrected chi connectivity index (χ2v) is 5.86. The minimum atomic E-state index is -0.592. The van der Waals surface area contributed by atoms with Gasteiger partial charge in [-0.25, -0.2) is 4.79 Å². The van der Waals surface area contributed by atoms with Crippen LogP contribution in [0.5, 0.6) is 0 Å². The Labute approximate surface area is 140 Å². The molecule has 2 unspecified atom stereocenters. The van der Waals surface area contributed by atoms with E-state index in [1.807, 2.05) is 30.3 Å². The van der Waals surface area contributed by atoms with Crippen molar-refractivity contribution in [3.05, 3.63) is 64.9 Å². The van der Waals surface area contributed by atoms with E-state index in [-0.39, 0.29) is 12.6 Å². The first-order valence-electron chi connectivity index (χ1n) is 7.33. The fraction of sp³-hybridized carbons (Fsp3) is 0.294. The van der Waals surface area contributed by atoms with E-state index < -0.39 is 12.1 Å². The van der Waals surface area contributed by atoms with E-state index in [0.29, 0.717) is 10.7 Å². The van der Waals surface area contributed by atoms with E-state index in [1.165, 1.54) is 4.90 Å². The van der Waals surface area contributed by atoms with Crippen molar-refractivity contribution < 1.29 is 9.90 Å². The van der Waals surface area contributed by atoms with Crippen LogP contribution >= 0.6 is 11.6 Å². The van der Waals surface area contributed by atoms with E-state index in [0.717, 1.165) is 5.56 Å². The predicted molar refractivity (Wildman–Crippen MR) is 90.4 cm³/mol. The number of urea groups is 1. The summed E-state index contributed by atoms with van der Waals surface area (Å²) in [5, 5.41) is 13.0. The van der Waals surface area contributed by atoms with Gasteiger partial charge in [-0.15, -0.1) is 0 Å². The van der Waals surface area contributed by atoms with Crippen LogP contribution in [0.1, 0.15) is 24.2 Å². The lowest BCUT2D eigenvalue weighted by Gasteiger charge is -2.24. The van der Waals surface area contributed by atoms with E-state index in [4.69, 9.17) is 11.6 Å². The molecule has 5 nitrogen and oxygen atoms in total. The number of halogens is 1. The summed E-state index contributed by atoms with van der Waals surface area (Å²) in [4.78, 5) is 18.1. The second-order valence-electron chi connectivity index (χ2n) is 5.42. The first kappa shape index (κ1) is 17.2. The molecule has 0 bridgehead atoms. The van der Waals surface area contributed by atoms with Crippen LogP contribution in [0.4, 0.5) is 4.79 Å². The average Bonchev–Trinajstić information content (AvgIpc) is 2.52. The number of likely N-dealkylation sites (N-methyl/N-ethyl adjacent to an activating group) is 1. The minimum absolute atomic E-state index is 0.246. The van der Waals surface area contributed by atoms with Crippen molar-refractivity contribution in [2.75, 3.05) is 13.6 Å². The van der Waals surface area contributed by atoms with E-state index in [2.05, 4.69) is 10.3 Å². The lowest BCUT2D eigenvalue weighted by Crippen LogP contribution is -2.42. The van der Waals surface area contributed by atoms with Gasteiger partial charge in [-0.2, -0.15) is 0 Å². The zero-order chi connectivity index (χ0) is 16.8. The fourth-order valence-electron chi connectivity index (χ4n) is 2.27. The van der Waals surface area contributed by atoms with Gasteiger partial charge in [-0.05, 0) is 36.8 Å². The molecule has 0 spiro atoms. The van der Waals surface area contributed by atoms with Crippen LogP contribution in [0.3, 0.4) is 0 Å². The summed E-state index contributed by atoms with van der Waals surface area (Å²) in [5.41, 5.74) is 1.56. The van der Waals surface area contributed by atoms with E-state index in [1.54, 1.807) is 32.3 Å². The number of benzene rings is 1. The molecule has 2 amide bonds. The minimum Gasteiger partial charge on any atom is -0.392 e. The Kier molecular flexibility index (Phi) is 5.96. The number of nitrogens with one attached hydrogen (secondary N) is 1. The number of carbonyl (C=O) groups excluding carboxylic acids is 1. The van der Waals surface area contributed by atoms with Gasteiger partial charge in [-0.1, -0.05) is 29.8 Å². The van der Waals surface area contributed by atoms with Crippen molar-refractivity contribution in [2.24, 2.45) is 0 Å². The van der Waals surface area contributed by atoms with Gasteiger partial charge < -0.3 is 15.3 Å². The Morgan fingerprint density at radius 2 is 2.13 bits per heavy atom. The third kappa shape index (κ3) is 4.94. The Bertz CT molecular complexity index is 649. The molecule has 1 heterocycles. The molecule has 0 radical (unpaired) electrons. The molecular weight excluding hydrogens is 314 g/mol. The molecule has 0 aliphatic carbocycles. The van der Waals surface area contributed by atoms with Gasteiger partial charge in [0.1, 0.15) is 0 Å². The highest BCUT2D eigenvalue weighted by molar-refractivity contribution is 6.30. The quantitative estimate of drug-likeness (QED) is 0.884. The number of hydrogen-bond acceptors (Lipinski definition) is 3. The molecule has 1 aromatic heterocycles. The topological polar surface area (TPSA) is 65.5 Å². The van der Waals surface area contributed by atoms with Gasteiger partial charge in [0.05, 0.1) is 17.8 Å². The molecule has 2 atom stereocenters. The molecule has 0 aliphatic rings. The number of aliphatic hydroxyl groups is 1. The third-order valence-corrected chi connectivity index (χ3v) is 3.55. The van der Waals surface area contributed by atoms with Crippen molar-refractivity contribution in [3.63, 3.8) is 0 Å². The van der Waals surface area contributed by atoms with Crippen LogP contribution in [0.2, 0.25) is 5.02 Å². The highest BCUT2D eigenvalue weighted by Gasteiger charge is 2.20. The molecule has 2 rings (SSSR count). The molecular formula is C17H20ClN3O2. The number of rotatable bonds is 5. The van der Waals surface area contributed by atoms with Gasteiger partial charge >= 0.3 is 6.03 Å². The Morgan fingerprint density at radius 1 is 1.35 bits per heavy atom. The van der Waals surface area contributed by atoms with E-state index >= 15 is 0 Å². The standard InChI is InChI=1S/C17H20ClN3O2/c1-12(22)11-21(2)17(23)20-16(15-8-3-4-9-19-15)13-6-5-7-14(18)10-13/h3-10,12,16,22H,11H2,1-2H3,(H,20,23). The largest absolute Gasteiger partial charge is 0.392 e. The van der Waals surface area contributed by atoms with Gasteiger partial charge in [0.25, 0.3) is 0 Å². The molecule has 1 aromatic carbocycles. The number of pyridine rings is 1. The Morgan fingerprint density at radius 3 is 2.74 bits per heavy atom. The Balaban J connectivity index is 2.26. The highest BCUT2D eigenvalue weighted by atomic mass is 35.5. The lowest BCUT2D eigenvalue weighted by atomic mass is 10.0.